The van der Waals surface area contributed by atoms with Gasteiger partial charge in [-0.1, -0.05) is 6.92 Å². The first-order chi connectivity index (χ1) is 7.57. The van der Waals surface area contributed by atoms with Gasteiger partial charge in [0.15, 0.2) is 9.84 Å². The molecule has 1 rings (SSSR count). The van der Waals surface area contributed by atoms with Crippen LogP contribution in [0.2, 0.25) is 0 Å². The molecule has 5 heteroatoms. The lowest BCUT2D eigenvalue weighted by molar-refractivity contribution is 0.187. The monoisotopic (exact) mass is 248 g/mol. The molecule has 1 aliphatic heterocycles. The van der Waals surface area contributed by atoms with Gasteiger partial charge in [-0.25, -0.2) is 8.42 Å². The maximum atomic E-state index is 11.6. The summed E-state index contributed by atoms with van der Waals surface area (Å²) in [6.07, 6.45) is 3.05. The number of nitrogens with zero attached hydrogens (tertiary/aromatic N) is 1. The summed E-state index contributed by atoms with van der Waals surface area (Å²) < 4.78 is 23.1. The van der Waals surface area contributed by atoms with E-state index < -0.39 is 9.84 Å². The summed E-state index contributed by atoms with van der Waals surface area (Å²) in [7, 11) is -2.83. The maximum absolute atomic E-state index is 11.6. The molecular weight excluding hydrogens is 224 g/mol. The van der Waals surface area contributed by atoms with Gasteiger partial charge in [0.05, 0.1) is 5.75 Å². The lowest BCUT2D eigenvalue weighted by atomic mass is 9.98. The van der Waals surface area contributed by atoms with E-state index in [2.05, 4.69) is 4.90 Å². The first-order valence-electron chi connectivity index (χ1n) is 6.20. The van der Waals surface area contributed by atoms with Gasteiger partial charge in [-0.05, 0) is 38.3 Å². The third kappa shape index (κ3) is 4.80. The number of nitrogens with two attached hydrogens (primary N) is 1. The molecule has 96 valence electrons. The Hall–Kier alpha value is -0.130. The van der Waals surface area contributed by atoms with Crippen LogP contribution in [-0.4, -0.2) is 51.0 Å². The molecule has 0 aromatic heterocycles. The Morgan fingerprint density at radius 1 is 1.38 bits per heavy atom. The highest BCUT2D eigenvalue weighted by Crippen LogP contribution is 2.14. The van der Waals surface area contributed by atoms with Crippen LogP contribution in [0, 0.1) is 5.92 Å². The van der Waals surface area contributed by atoms with Crippen LogP contribution in [0.15, 0.2) is 0 Å². The molecule has 16 heavy (non-hydrogen) atoms. The van der Waals surface area contributed by atoms with Crippen molar-refractivity contribution in [2.24, 2.45) is 11.7 Å². The minimum absolute atomic E-state index is 0.304. The van der Waals surface area contributed by atoms with E-state index in [1.54, 1.807) is 0 Å². The lowest BCUT2D eigenvalue weighted by Gasteiger charge is -2.31. The van der Waals surface area contributed by atoms with Gasteiger partial charge in [-0.3, -0.25) is 0 Å². The largest absolute Gasteiger partial charge is 0.330 e. The van der Waals surface area contributed by atoms with Crippen molar-refractivity contribution >= 4 is 9.84 Å². The Kier molecular flexibility index (Phi) is 5.72. The zero-order valence-electron chi connectivity index (χ0n) is 10.2. The molecule has 0 amide bonds. The molecule has 0 bridgehead atoms. The average molecular weight is 248 g/mol. The van der Waals surface area contributed by atoms with E-state index in [9.17, 15) is 8.42 Å². The fourth-order valence-corrected chi connectivity index (χ4v) is 3.59. The van der Waals surface area contributed by atoms with Crippen molar-refractivity contribution in [1.82, 2.24) is 4.90 Å². The van der Waals surface area contributed by atoms with Crippen LogP contribution in [0.4, 0.5) is 0 Å². The van der Waals surface area contributed by atoms with Gasteiger partial charge >= 0.3 is 0 Å². The number of piperidine rings is 1. The van der Waals surface area contributed by atoms with Crippen molar-refractivity contribution in [2.45, 2.75) is 26.2 Å². The van der Waals surface area contributed by atoms with Crippen molar-refractivity contribution in [3.05, 3.63) is 0 Å². The highest BCUT2D eigenvalue weighted by atomic mass is 32.2. The highest BCUT2D eigenvalue weighted by Gasteiger charge is 2.20. The number of hydrogen-bond acceptors (Lipinski definition) is 4. The summed E-state index contributed by atoms with van der Waals surface area (Å²) in [6, 6.07) is 0. The van der Waals surface area contributed by atoms with Gasteiger partial charge in [0.1, 0.15) is 0 Å². The molecule has 0 saturated carbocycles. The van der Waals surface area contributed by atoms with E-state index in [0.717, 1.165) is 26.1 Å². The average Bonchev–Trinajstić information content (AvgIpc) is 2.27. The fraction of sp³-hybridized carbons (Fsp3) is 1.00. The summed E-state index contributed by atoms with van der Waals surface area (Å²) >= 11 is 0. The summed E-state index contributed by atoms with van der Waals surface area (Å²) in [5.74, 6) is 1.18. The Bertz CT molecular complexity index is 290. The van der Waals surface area contributed by atoms with E-state index in [1.807, 2.05) is 6.92 Å². The quantitative estimate of drug-likeness (QED) is 0.743. The summed E-state index contributed by atoms with van der Waals surface area (Å²) in [5.41, 5.74) is 5.65. The standard InChI is InChI=1S/C11H24N2O2S/c1-2-7-16(14,15)8-6-13-5-3-4-11(9-12)10-13/h11H,2-10,12H2,1H3. The van der Waals surface area contributed by atoms with Crippen LogP contribution in [0.3, 0.4) is 0 Å². The Morgan fingerprint density at radius 2 is 2.12 bits per heavy atom. The van der Waals surface area contributed by atoms with Gasteiger partial charge in [0.2, 0.25) is 0 Å². The van der Waals surface area contributed by atoms with Gasteiger partial charge in [0.25, 0.3) is 0 Å². The first-order valence-corrected chi connectivity index (χ1v) is 8.02. The summed E-state index contributed by atoms with van der Waals surface area (Å²) in [5, 5.41) is 0. The van der Waals surface area contributed by atoms with Gasteiger partial charge in [-0.2, -0.15) is 0 Å². The highest BCUT2D eigenvalue weighted by molar-refractivity contribution is 7.91. The van der Waals surface area contributed by atoms with E-state index in [1.165, 1.54) is 6.42 Å². The third-order valence-corrected chi connectivity index (χ3v) is 5.00. The first kappa shape index (κ1) is 13.9. The summed E-state index contributed by atoms with van der Waals surface area (Å²) in [6.45, 7) is 5.30. The van der Waals surface area contributed by atoms with E-state index in [-0.39, 0.29) is 0 Å². The van der Waals surface area contributed by atoms with Crippen LogP contribution in [-0.2, 0) is 9.84 Å². The molecule has 1 heterocycles. The minimum atomic E-state index is -2.83. The van der Waals surface area contributed by atoms with Crippen molar-refractivity contribution < 1.29 is 8.42 Å². The van der Waals surface area contributed by atoms with Crippen molar-refractivity contribution in [3.8, 4) is 0 Å². The molecule has 1 unspecified atom stereocenters. The number of sulfone groups is 1. The van der Waals surface area contributed by atoms with Crippen LogP contribution >= 0.6 is 0 Å². The Labute approximate surface area is 99.1 Å². The second kappa shape index (κ2) is 6.57. The zero-order chi connectivity index (χ0) is 12.0. The van der Waals surface area contributed by atoms with Gasteiger partial charge in [0, 0.05) is 18.8 Å². The zero-order valence-corrected chi connectivity index (χ0v) is 11.0. The molecule has 1 fully saturated rings. The summed E-state index contributed by atoms with van der Waals surface area (Å²) in [4.78, 5) is 2.24. The predicted octanol–water partition coefficient (Wildman–Crippen LogP) is 0.482. The molecule has 1 atom stereocenters. The molecule has 0 aromatic carbocycles. The van der Waals surface area contributed by atoms with Gasteiger partial charge < -0.3 is 10.6 Å². The number of rotatable bonds is 6. The topological polar surface area (TPSA) is 63.4 Å². The van der Waals surface area contributed by atoms with Crippen molar-refractivity contribution in [3.63, 3.8) is 0 Å². The van der Waals surface area contributed by atoms with E-state index in [0.29, 0.717) is 30.4 Å². The van der Waals surface area contributed by atoms with E-state index in [4.69, 9.17) is 5.73 Å². The second-order valence-electron chi connectivity index (χ2n) is 4.70. The van der Waals surface area contributed by atoms with Crippen LogP contribution in [0.25, 0.3) is 0 Å². The van der Waals surface area contributed by atoms with Crippen molar-refractivity contribution in [2.75, 3.05) is 37.7 Å². The molecule has 1 aliphatic rings. The third-order valence-electron chi connectivity index (χ3n) is 3.17. The molecule has 0 aromatic rings. The number of hydrogen-bond donors (Lipinski definition) is 1. The maximum Gasteiger partial charge on any atom is 0.151 e. The Balaban J connectivity index is 2.32. The van der Waals surface area contributed by atoms with Crippen LogP contribution < -0.4 is 5.73 Å². The molecule has 1 saturated heterocycles. The molecular formula is C11H24N2O2S. The molecule has 0 aliphatic carbocycles. The normalized spacial score (nSPS) is 23.5. The molecule has 4 nitrogen and oxygen atoms in total. The van der Waals surface area contributed by atoms with E-state index >= 15 is 0 Å². The lowest BCUT2D eigenvalue weighted by Crippen LogP contribution is -2.40. The minimum Gasteiger partial charge on any atom is -0.330 e. The Morgan fingerprint density at radius 3 is 2.75 bits per heavy atom. The molecule has 0 spiro atoms. The molecule has 2 N–H and O–H groups in total. The number of likely N-dealkylation sites (tertiary alicyclic amines) is 1. The van der Waals surface area contributed by atoms with Crippen LogP contribution in [0.5, 0.6) is 0 Å². The van der Waals surface area contributed by atoms with Crippen molar-refractivity contribution in [1.29, 1.82) is 0 Å². The van der Waals surface area contributed by atoms with Crippen LogP contribution in [0.1, 0.15) is 26.2 Å². The van der Waals surface area contributed by atoms with Gasteiger partial charge in [-0.15, -0.1) is 0 Å². The smallest absolute Gasteiger partial charge is 0.151 e. The SMILES string of the molecule is CCCS(=O)(=O)CCN1CCCC(CN)C1. The predicted molar refractivity (Wildman–Crippen MR) is 67.2 cm³/mol. The molecule has 0 radical (unpaired) electrons. The fourth-order valence-electron chi connectivity index (χ4n) is 2.23. The second-order valence-corrected chi connectivity index (χ2v) is 7.00.